The lowest BCUT2D eigenvalue weighted by Crippen LogP contribution is -2.20. The van der Waals surface area contributed by atoms with E-state index in [4.69, 9.17) is 5.11 Å². The monoisotopic (exact) mass is 291 g/mol. The molecule has 6 heteroatoms. The maximum atomic E-state index is 10.6. The molecule has 0 aliphatic heterocycles. The second-order valence-corrected chi connectivity index (χ2v) is 5.59. The summed E-state index contributed by atoms with van der Waals surface area (Å²) >= 11 is 1.52. The van der Waals surface area contributed by atoms with Crippen molar-refractivity contribution in [3.63, 3.8) is 0 Å². The van der Waals surface area contributed by atoms with Gasteiger partial charge in [-0.05, 0) is 31.2 Å². The Morgan fingerprint density at radius 2 is 2.15 bits per heavy atom. The molecule has 2 heterocycles. The van der Waals surface area contributed by atoms with E-state index < -0.39 is 5.97 Å². The SMILES string of the molecule is CN(CCc1ccncc1)Cc1nc(CC(=O)O)cs1. The number of carboxylic acid groups (broad SMARTS) is 1. The van der Waals surface area contributed by atoms with Gasteiger partial charge in [-0.15, -0.1) is 11.3 Å². The van der Waals surface area contributed by atoms with Crippen molar-refractivity contribution in [2.45, 2.75) is 19.4 Å². The first-order valence-electron chi connectivity index (χ1n) is 6.36. The van der Waals surface area contributed by atoms with E-state index in [1.807, 2.05) is 24.6 Å². The Balaban J connectivity index is 1.80. The van der Waals surface area contributed by atoms with Gasteiger partial charge in [-0.2, -0.15) is 0 Å². The molecule has 5 nitrogen and oxygen atoms in total. The fourth-order valence-corrected chi connectivity index (χ4v) is 2.71. The molecule has 0 bridgehead atoms. The zero-order chi connectivity index (χ0) is 14.4. The second kappa shape index (κ2) is 7.12. The van der Waals surface area contributed by atoms with Crippen molar-refractivity contribution in [1.82, 2.24) is 14.9 Å². The molecular formula is C14H17N3O2S. The lowest BCUT2D eigenvalue weighted by molar-refractivity contribution is -0.136. The van der Waals surface area contributed by atoms with E-state index in [1.165, 1.54) is 16.9 Å². The maximum Gasteiger partial charge on any atom is 0.309 e. The van der Waals surface area contributed by atoms with Crippen LogP contribution in [0.25, 0.3) is 0 Å². The van der Waals surface area contributed by atoms with Crippen LogP contribution in [0.5, 0.6) is 0 Å². The summed E-state index contributed by atoms with van der Waals surface area (Å²) in [5.41, 5.74) is 1.90. The molecule has 0 radical (unpaired) electrons. The minimum atomic E-state index is -0.840. The van der Waals surface area contributed by atoms with Crippen LogP contribution in [0.15, 0.2) is 29.9 Å². The van der Waals surface area contributed by atoms with E-state index in [0.29, 0.717) is 5.69 Å². The van der Waals surface area contributed by atoms with Gasteiger partial charge >= 0.3 is 5.97 Å². The van der Waals surface area contributed by atoms with Gasteiger partial charge in [0.2, 0.25) is 0 Å². The van der Waals surface area contributed by atoms with Crippen molar-refractivity contribution in [3.05, 3.63) is 46.2 Å². The summed E-state index contributed by atoms with van der Waals surface area (Å²) in [6.45, 7) is 1.67. The molecule has 0 unspecified atom stereocenters. The van der Waals surface area contributed by atoms with Crippen LogP contribution in [-0.2, 0) is 24.2 Å². The molecule has 0 aromatic carbocycles. The number of rotatable bonds is 7. The predicted octanol–water partition coefficient (Wildman–Crippen LogP) is 1.84. The van der Waals surface area contributed by atoms with Crippen molar-refractivity contribution in [3.8, 4) is 0 Å². The lowest BCUT2D eigenvalue weighted by Gasteiger charge is -2.14. The van der Waals surface area contributed by atoms with E-state index in [-0.39, 0.29) is 6.42 Å². The summed E-state index contributed by atoms with van der Waals surface area (Å²) < 4.78 is 0. The van der Waals surface area contributed by atoms with Gasteiger partial charge in [0.25, 0.3) is 0 Å². The number of aliphatic carboxylic acids is 1. The van der Waals surface area contributed by atoms with Crippen molar-refractivity contribution < 1.29 is 9.90 Å². The smallest absolute Gasteiger partial charge is 0.309 e. The van der Waals surface area contributed by atoms with Crippen LogP contribution in [0, 0.1) is 0 Å². The number of pyridine rings is 1. The quantitative estimate of drug-likeness (QED) is 0.843. The molecule has 0 fully saturated rings. The molecule has 0 atom stereocenters. The molecule has 20 heavy (non-hydrogen) atoms. The van der Waals surface area contributed by atoms with Gasteiger partial charge in [0.1, 0.15) is 5.01 Å². The Morgan fingerprint density at radius 1 is 1.40 bits per heavy atom. The first kappa shape index (κ1) is 14.6. The highest BCUT2D eigenvalue weighted by Gasteiger charge is 2.08. The Labute approximate surface area is 121 Å². The summed E-state index contributed by atoms with van der Waals surface area (Å²) in [5.74, 6) is -0.840. The number of likely N-dealkylation sites (N-methyl/N-ethyl adjacent to an activating group) is 1. The van der Waals surface area contributed by atoms with Crippen LogP contribution in [0.1, 0.15) is 16.3 Å². The molecule has 0 aliphatic carbocycles. The molecule has 106 valence electrons. The van der Waals surface area contributed by atoms with E-state index in [0.717, 1.165) is 24.5 Å². The van der Waals surface area contributed by atoms with Crippen LogP contribution in [0.3, 0.4) is 0 Å². The zero-order valence-corrected chi connectivity index (χ0v) is 12.1. The predicted molar refractivity (Wildman–Crippen MR) is 77.7 cm³/mol. The van der Waals surface area contributed by atoms with Crippen molar-refractivity contribution in [2.75, 3.05) is 13.6 Å². The van der Waals surface area contributed by atoms with Crippen LogP contribution < -0.4 is 0 Å². The zero-order valence-electron chi connectivity index (χ0n) is 11.3. The molecule has 0 spiro atoms. The fraction of sp³-hybridized carbons (Fsp3) is 0.357. The van der Waals surface area contributed by atoms with Crippen LogP contribution in [0.2, 0.25) is 0 Å². The molecule has 0 saturated heterocycles. The number of hydrogen-bond acceptors (Lipinski definition) is 5. The van der Waals surface area contributed by atoms with Crippen LogP contribution in [-0.4, -0.2) is 39.5 Å². The number of aromatic nitrogens is 2. The average Bonchev–Trinajstić information content (AvgIpc) is 2.84. The van der Waals surface area contributed by atoms with Crippen molar-refractivity contribution in [1.29, 1.82) is 0 Å². The third kappa shape index (κ3) is 4.71. The molecule has 0 saturated carbocycles. The molecule has 2 aromatic rings. The molecule has 2 aromatic heterocycles. The number of thiazole rings is 1. The number of carbonyl (C=O) groups is 1. The summed E-state index contributed by atoms with van der Waals surface area (Å²) in [5, 5.41) is 11.5. The maximum absolute atomic E-state index is 10.6. The molecule has 1 N–H and O–H groups in total. The number of hydrogen-bond donors (Lipinski definition) is 1. The normalized spacial score (nSPS) is 10.9. The largest absolute Gasteiger partial charge is 0.481 e. The van der Waals surface area contributed by atoms with Gasteiger partial charge in [-0.25, -0.2) is 4.98 Å². The highest BCUT2D eigenvalue weighted by molar-refractivity contribution is 7.09. The summed E-state index contributed by atoms with van der Waals surface area (Å²) in [7, 11) is 2.04. The summed E-state index contributed by atoms with van der Waals surface area (Å²) in [6, 6.07) is 4.03. The van der Waals surface area contributed by atoms with Gasteiger partial charge in [-0.3, -0.25) is 14.7 Å². The molecular weight excluding hydrogens is 274 g/mol. The van der Waals surface area contributed by atoms with Crippen LogP contribution >= 0.6 is 11.3 Å². The fourth-order valence-electron chi connectivity index (χ4n) is 1.84. The minimum Gasteiger partial charge on any atom is -0.481 e. The molecule has 0 aliphatic rings. The summed E-state index contributed by atoms with van der Waals surface area (Å²) in [6.07, 6.45) is 4.56. The third-order valence-corrected chi connectivity index (χ3v) is 3.75. The Hall–Kier alpha value is -1.79. The first-order valence-corrected chi connectivity index (χ1v) is 7.24. The topological polar surface area (TPSA) is 66.3 Å². The van der Waals surface area contributed by atoms with Gasteiger partial charge in [0.15, 0.2) is 0 Å². The standard InChI is InChI=1S/C14H17N3O2S/c1-17(7-4-11-2-5-15-6-3-11)9-13-16-12(10-20-13)8-14(18)19/h2-3,5-6,10H,4,7-9H2,1H3,(H,18,19). The van der Waals surface area contributed by atoms with E-state index in [1.54, 1.807) is 12.4 Å². The third-order valence-electron chi connectivity index (χ3n) is 2.87. The van der Waals surface area contributed by atoms with Crippen molar-refractivity contribution in [2.24, 2.45) is 0 Å². The van der Waals surface area contributed by atoms with E-state index >= 15 is 0 Å². The first-order chi connectivity index (χ1) is 9.63. The van der Waals surface area contributed by atoms with Crippen molar-refractivity contribution >= 4 is 17.3 Å². The highest BCUT2D eigenvalue weighted by atomic mass is 32.1. The number of nitrogens with zero attached hydrogens (tertiary/aromatic N) is 3. The van der Waals surface area contributed by atoms with E-state index in [2.05, 4.69) is 14.9 Å². The Bertz CT molecular complexity index is 557. The Kier molecular flexibility index (Phi) is 5.20. The average molecular weight is 291 g/mol. The second-order valence-electron chi connectivity index (χ2n) is 4.65. The van der Waals surface area contributed by atoms with Gasteiger partial charge in [0.05, 0.1) is 18.7 Å². The van der Waals surface area contributed by atoms with Gasteiger partial charge in [0, 0.05) is 24.3 Å². The molecule has 0 amide bonds. The molecule has 2 rings (SSSR count). The Morgan fingerprint density at radius 3 is 2.85 bits per heavy atom. The lowest BCUT2D eigenvalue weighted by atomic mass is 10.2. The van der Waals surface area contributed by atoms with Gasteiger partial charge < -0.3 is 5.11 Å². The van der Waals surface area contributed by atoms with Gasteiger partial charge in [-0.1, -0.05) is 0 Å². The summed E-state index contributed by atoms with van der Waals surface area (Å²) in [4.78, 5) is 21.1. The highest BCUT2D eigenvalue weighted by Crippen LogP contribution is 2.12. The van der Waals surface area contributed by atoms with Crippen LogP contribution in [0.4, 0.5) is 0 Å². The minimum absolute atomic E-state index is 0.00275. The number of carboxylic acids is 1. The van der Waals surface area contributed by atoms with E-state index in [9.17, 15) is 4.79 Å².